The number of amidine groups is 1. The van der Waals surface area contributed by atoms with Gasteiger partial charge in [-0.05, 0) is 19.1 Å². The number of carbonyl (C=O) groups is 3. The molecule has 1 aromatic carbocycles. The van der Waals surface area contributed by atoms with Crippen molar-refractivity contribution < 1.29 is 28.6 Å². The van der Waals surface area contributed by atoms with Crippen molar-refractivity contribution >= 4 is 35.0 Å². The molecule has 2 aliphatic heterocycles. The van der Waals surface area contributed by atoms with Crippen molar-refractivity contribution in [1.29, 1.82) is 5.41 Å². The van der Waals surface area contributed by atoms with E-state index in [1.54, 1.807) is 42.8 Å². The SMILES string of the molecule is COC(=O)CCNC(=O)c1sc(=NC(=O)c2ccc(C(=N)N3CCC4(CC3)OCCO4)cc2)n(C)c1C. The Labute approximate surface area is 218 Å². The van der Waals surface area contributed by atoms with Crippen LogP contribution < -0.4 is 10.1 Å². The number of nitrogens with zero attached hydrogens (tertiary/aromatic N) is 3. The van der Waals surface area contributed by atoms with Crippen LogP contribution in [0.25, 0.3) is 0 Å². The lowest BCUT2D eigenvalue weighted by Gasteiger charge is -2.38. The number of nitrogens with one attached hydrogen (secondary N) is 2. The van der Waals surface area contributed by atoms with E-state index in [-0.39, 0.29) is 18.9 Å². The zero-order valence-electron chi connectivity index (χ0n) is 21.2. The highest BCUT2D eigenvalue weighted by atomic mass is 32.1. The largest absolute Gasteiger partial charge is 0.469 e. The summed E-state index contributed by atoms with van der Waals surface area (Å²) >= 11 is 1.10. The first-order valence-electron chi connectivity index (χ1n) is 12.1. The lowest BCUT2D eigenvalue weighted by molar-refractivity contribution is -0.180. The smallest absolute Gasteiger partial charge is 0.307 e. The van der Waals surface area contributed by atoms with Crippen molar-refractivity contribution in [3.05, 3.63) is 50.8 Å². The molecule has 3 heterocycles. The molecule has 4 rings (SSSR count). The number of rotatable bonds is 6. The molecule has 1 aromatic heterocycles. The topological polar surface area (TPSA) is 135 Å². The Kier molecular flexibility index (Phi) is 8.20. The third-order valence-corrected chi connectivity index (χ3v) is 7.85. The summed E-state index contributed by atoms with van der Waals surface area (Å²) in [6.07, 6.45) is 1.50. The summed E-state index contributed by atoms with van der Waals surface area (Å²) in [4.78, 5) is 43.6. The molecule has 37 heavy (non-hydrogen) atoms. The molecule has 11 nitrogen and oxygen atoms in total. The Bertz CT molecular complexity index is 1250. The summed E-state index contributed by atoms with van der Waals surface area (Å²) in [7, 11) is 3.03. The number of hydrogen-bond acceptors (Lipinski definition) is 8. The maximum atomic E-state index is 12.8. The van der Waals surface area contributed by atoms with E-state index in [1.165, 1.54) is 7.11 Å². The minimum absolute atomic E-state index is 0.0728. The highest BCUT2D eigenvalue weighted by Crippen LogP contribution is 2.31. The van der Waals surface area contributed by atoms with Crippen LogP contribution in [0.3, 0.4) is 0 Å². The van der Waals surface area contributed by atoms with E-state index < -0.39 is 17.7 Å². The predicted molar refractivity (Wildman–Crippen MR) is 136 cm³/mol. The summed E-state index contributed by atoms with van der Waals surface area (Å²) in [5.74, 6) is -1.29. The number of carbonyl (C=O) groups excluding carboxylic acids is 3. The van der Waals surface area contributed by atoms with E-state index in [0.717, 1.165) is 11.3 Å². The summed E-state index contributed by atoms with van der Waals surface area (Å²) in [5.41, 5.74) is 1.76. The van der Waals surface area contributed by atoms with Crippen molar-refractivity contribution in [2.45, 2.75) is 32.0 Å². The lowest BCUT2D eigenvalue weighted by atomic mass is 10.0. The summed E-state index contributed by atoms with van der Waals surface area (Å²) in [6.45, 7) is 4.49. The van der Waals surface area contributed by atoms with Crippen molar-refractivity contribution in [1.82, 2.24) is 14.8 Å². The molecular formula is C25H31N5O6S. The zero-order chi connectivity index (χ0) is 26.6. The Balaban J connectivity index is 1.40. The fourth-order valence-electron chi connectivity index (χ4n) is 4.26. The molecule has 0 aliphatic carbocycles. The molecule has 2 fully saturated rings. The normalized spacial score (nSPS) is 17.2. The average molecular weight is 530 g/mol. The Morgan fingerprint density at radius 2 is 1.76 bits per heavy atom. The van der Waals surface area contributed by atoms with E-state index >= 15 is 0 Å². The van der Waals surface area contributed by atoms with E-state index in [9.17, 15) is 14.4 Å². The summed E-state index contributed by atoms with van der Waals surface area (Å²) in [6, 6.07) is 6.81. The van der Waals surface area contributed by atoms with Gasteiger partial charge in [0, 0.05) is 56.3 Å². The van der Waals surface area contributed by atoms with Crippen LogP contribution >= 0.6 is 11.3 Å². The van der Waals surface area contributed by atoms with Gasteiger partial charge in [-0.15, -0.1) is 0 Å². The highest BCUT2D eigenvalue weighted by Gasteiger charge is 2.40. The van der Waals surface area contributed by atoms with Gasteiger partial charge in [0.05, 0.1) is 26.7 Å². The van der Waals surface area contributed by atoms with Crippen molar-refractivity contribution in [3.63, 3.8) is 0 Å². The van der Waals surface area contributed by atoms with E-state index in [0.29, 0.717) is 71.5 Å². The molecule has 12 heteroatoms. The summed E-state index contributed by atoms with van der Waals surface area (Å²) < 4.78 is 17.8. The first kappa shape index (κ1) is 26.7. The van der Waals surface area contributed by atoms with E-state index in [4.69, 9.17) is 14.9 Å². The zero-order valence-corrected chi connectivity index (χ0v) is 22.0. The van der Waals surface area contributed by atoms with Gasteiger partial charge in [0.25, 0.3) is 11.8 Å². The van der Waals surface area contributed by atoms with Gasteiger partial charge in [-0.3, -0.25) is 19.8 Å². The number of benzene rings is 1. The Hall–Kier alpha value is -3.35. The number of piperidine rings is 1. The molecule has 1 spiro atoms. The maximum absolute atomic E-state index is 12.8. The second-order valence-electron chi connectivity index (χ2n) is 8.88. The molecule has 198 valence electrons. The molecule has 2 amide bonds. The predicted octanol–water partition coefficient (Wildman–Crippen LogP) is 1.59. The number of thiazole rings is 1. The van der Waals surface area contributed by atoms with Crippen molar-refractivity contribution in [3.8, 4) is 0 Å². The Morgan fingerprint density at radius 3 is 2.38 bits per heavy atom. The van der Waals surface area contributed by atoms with Crippen molar-refractivity contribution in [2.75, 3.05) is 40.0 Å². The average Bonchev–Trinajstić information content (AvgIpc) is 3.48. The molecule has 0 bridgehead atoms. The van der Waals surface area contributed by atoms with Crippen LogP contribution in [0.15, 0.2) is 29.3 Å². The molecule has 2 saturated heterocycles. The summed E-state index contributed by atoms with van der Waals surface area (Å²) in [5, 5.41) is 11.3. The number of hydrogen-bond donors (Lipinski definition) is 2. The number of amides is 2. The number of methoxy groups -OCH3 is 1. The highest BCUT2D eigenvalue weighted by molar-refractivity contribution is 7.11. The molecule has 0 unspecified atom stereocenters. The minimum Gasteiger partial charge on any atom is -0.469 e. The van der Waals surface area contributed by atoms with Gasteiger partial charge in [-0.25, -0.2) is 0 Å². The monoisotopic (exact) mass is 529 g/mol. The molecule has 0 atom stereocenters. The van der Waals surface area contributed by atoms with Gasteiger partial charge < -0.3 is 29.0 Å². The fraction of sp³-hybridized carbons (Fsp3) is 0.480. The van der Waals surface area contributed by atoms with Gasteiger partial charge in [-0.2, -0.15) is 4.99 Å². The first-order valence-corrected chi connectivity index (χ1v) is 12.9. The number of aromatic nitrogens is 1. The number of ether oxygens (including phenoxy) is 3. The quantitative estimate of drug-likeness (QED) is 0.330. The van der Waals surface area contributed by atoms with E-state index in [2.05, 4.69) is 15.0 Å². The first-order chi connectivity index (χ1) is 17.7. The van der Waals surface area contributed by atoms with Crippen LogP contribution in [0.2, 0.25) is 0 Å². The number of esters is 1. The van der Waals surface area contributed by atoms with Gasteiger partial charge in [-0.1, -0.05) is 23.5 Å². The second-order valence-corrected chi connectivity index (χ2v) is 9.86. The van der Waals surface area contributed by atoms with Crippen molar-refractivity contribution in [2.24, 2.45) is 12.0 Å². The minimum atomic E-state index is -0.492. The Morgan fingerprint density at radius 1 is 1.14 bits per heavy atom. The van der Waals surface area contributed by atoms with Crippen LogP contribution in [-0.2, 0) is 26.1 Å². The lowest BCUT2D eigenvalue weighted by Crippen LogP contribution is -2.47. The molecule has 0 saturated carbocycles. The third-order valence-electron chi connectivity index (χ3n) is 6.62. The van der Waals surface area contributed by atoms with Gasteiger partial charge in [0.1, 0.15) is 10.7 Å². The van der Waals surface area contributed by atoms with Crippen LogP contribution in [0, 0.1) is 12.3 Å². The van der Waals surface area contributed by atoms with E-state index in [1.807, 2.05) is 4.90 Å². The molecule has 2 aromatic rings. The molecule has 2 N–H and O–H groups in total. The molecular weight excluding hydrogens is 498 g/mol. The van der Waals surface area contributed by atoms with Crippen LogP contribution in [-0.4, -0.2) is 78.8 Å². The molecule has 0 radical (unpaired) electrons. The van der Waals surface area contributed by atoms with Crippen LogP contribution in [0.5, 0.6) is 0 Å². The standard InChI is InChI=1S/C25H31N5O6S/c1-16-20(23(33)27-11-8-19(31)34-3)37-24(29(16)2)28-22(32)18-6-4-17(5-7-18)21(26)30-12-9-25(10-13-30)35-14-15-36-25/h4-7,26H,8-15H2,1-3H3,(H,27,33). The second kappa shape index (κ2) is 11.4. The maximum Gasteiger partial charge on any atom is 0.307 e. The van der Waals surface area contributed by atoms with Crippen LogP contribution in [0.1, 0.15) is 50.5 Å². The van der Waals surface area contributed by atoms with Gasteiger partial charge in [0.2, 0.25) is 0 Å². The van der Waals surface area contributed by atoms with Gasteiger partial charge >= 0.3 is 5.97 Å². The third kappa shape index (κ3) is 5.97. The van der Waals surface area contributed by atoms with Crippen LogP contribution in [0.4, 0.5) is 0 Å². The fourth-order valence-corrected chi connectivity index (χ4v) is 5.29. The molecule has 2 aliphatic rings. The van der Waals surface area contributed by atoms with Gasteiger partial charge in [0.15, 0.2) is 10.6 Å². The number of likely N-dealkylation sites (tertiary alicyclic amines) is 1.